The third-order valence-electron chi connectivity index (χ3n) is 24.9. The molecular formula is C108H72N10Si2. The Balaban J connectivity index is 0.665. The lowest BCUT2D eigenvalue weighted by molar-refractivity contribution is 0.983. The minimum absolute atomic E-state index is 0.720. The Morgan fingerprint density at radius 3 is 0.833 bits per heavy atom. The van der Waals surface area contributed by atoms with E-state index in [1.807, 2.05) is 0 Å². The number of pyridine rings is 2. The van der Waals surface area contributed by atoms with Crippen LogP contribution in [0.2, 0.25) is 0 Å². The molecule has 0 spiro atoms. The number of imidazole rings is 4. The summed E-state index contributed by atoms with van der Waals surface area (Å²) in [5.74, 6) is 4.63. The number of hydrogen-bond donors (Lipinski definition) is 0. The highest BCUT2D eigenvalue weighted by molar-refractivity contribution is 7.20. The van der Waals surface area contributed by atoms with Gasteiger partial charge >= 0.3 is 0 Å². The zero-order valence-electron chi connectivity index (χ0n) is 65.0. The summed E-state index contributed by atoms with van der Waals surface area (Å²) in [4.78, 5) is 22.7. The molecule has 8 aromatic heterocycles. The molecule has 24 rings (SSSR count). The van der Waals surface area contributed by atoms with Gasteiger partial charge in [-0.3, -0.25) is 27.1 Å². The Kier molecular flexibility index (Phi) is 15.8. The van der Waals surface area contributed by atoms with Crippen molar-refractivity contribution in [3.05, 3.63) is 437 Å². The van der Waals surface area contributed by atoms with E-state index in [9.17, 15) is 0 Å². The summed E-state index contributed by atoms with van der Waals surface area (Å²) in [6, 6.07) is 160. The second-order valence-corrected chi connectivity index (χ2v) is 38.9. The largest absolute Gasteiger partial charge is 0.294 e. The van der Waals surface area contributed by atoms with E-state index in [1.54, 1.807) is 0 Å². The number of aromatic nitrogens is 10. The first-order chi connectivity index (χ1) is 59.5. The molecule has 0 radical (unpaired) electrons. The van der Waals surface area contributed by atoms with Crippen LogP contribution in [0.25, 0.3) is 156 Å². The first-order valence-electron chi connectivity index (χ1n) is 40.9. The number of rotatable bonds is 15. The van der Waals surface area contributed by atoms with E-state index in [2.05, 4.69) is 464 Å². The second-order valence-electron chi connectivity index (χ2n) is 31.3. The highest BCUT2D eigenvalue weighted by Crippen LogP contribution is 2.41. The summed E-state index contributed by atoms with van der Waals surface area (Å²) in [6.07, 6.45) is 0. The number of hydrogen-bond acceptors (Lipinski definition) is 4. The molecule has 0 atom stereocenters. The normalized spacial score (nSPS) is 12.2. The molecule has 0 aliphatic heterocycles. The average molecular weight is 1570 g/mol. The van der Waals surface area contributed by atoms with Gasteiger partial charge in [0.2, 0.25) is 11.6 Å². The summed E-state index contributed by atoms with van der Waals surface area (Å²) >= 11 is 0. The third kappa shape index (κ3) is 10.5. The molecule has 120 heavy (non-hydrogen) atoms. The van der Waals surface area contributed by atoms with Crippen LogP contribution < -0.4 is 41.5 Å². The van der Waals surface area contributed by atoms with Crippen LogP contribution in [0.5, 0.6) is 0 Å². The Morgan fingerprint density at radius 2 is 0.433 bits per heavy atom. The van der Waals surface area contributed by atoms with Crippen molar-refractivity contribution in [1.29, 1.82) is 0 Å². The van der Waals surface area contributed by atoms with Gasteiger partial charge in [0, 0.05) is 21.5 Å². The van der Waals surface area contributed by atoms with Gasteiger partial charge in [0.25, 0.3) is 0 Å². The van der Waals surface area contributed by atoms with Crippen LogP contribution in [0.3, 0.4) is 0 Å². The van der Waals surface area contributed by atoms with Crippen molar-refractivity contribution in [1.82, 2.24) is 47.0 Å². The van der Waals surface area contributed by atoms with Crippen molar-refractivity contribution in [3.8, 4) is 56.7 Å². The summed E-state index contributed by atoms with van der Waals surface area (Å²) in [6.45, 7) is 0. The van der Waals surface area contributed by atoms with E-state index in [-0.39, 0.29) is 0 Å². The second kappa shape index (κ2) is 27.5. The number of benzene rings is 16. The van der Waals surface area contributed by atoms with Crippen molar-refractivity contribution >= 4 is 157 Å². The molecule has 0 saturated carbocycles. The monoisotopic (exact) mass is 1560 g/mol. The number of fused-ring (bicyclic) bond motifs is 16. The molecular weight excluding hydrogens is 1490 g/mol. The standard InChI is InChI=1S/C108H72N10Si2/c1-7-31-79(32-8-1)119(80-33-9-2-10-34-80,81-35-11-3-12-36-81)85-61-55-73(56-62-85)77-69-103(113-93-47-23-19-43-87(93)88-44-20-24-48-94(88)113)111-104(70-77)114-95-49-25-21-45-89(95)90-67-75(60-66-96(90)114)76-59-65-92-102(68-76)116-99-52-28-30-54-101(99)118(108(116)110-92)106-72-78(71-105(112-106)117-100-53-29-27-51-98(100)115-97-50-26-22-46-91(97)109-107(115)117)74-57-63-86(64-58-74)120(82-37-13-4-14-38-82,83-39-15-5-16-40-83)84-41-17-6-18-42-84/h1-72H. The molecule has 0 saturated heterocycles. The smallest absolute Gasteiger partial charge is 0.221 e. The Hall–Kier alpha value is -15.6. The zero-order valence-corrected chi connectivity index (χ0v) is 67.0. The highest BCUT2D eigenvalue weighted by atomic mass is 28.3. The summed E-state index contributed by atoms with van der Waals surface area (Å²) in [5.41, 5.74) is 18.5. The minimum Gasteiger partial charge on any atom is -0.294 e. The summed E-state index contributed by atoms with van der Waals surface area (Å²) < 4.78 is 13.8. The topological polar surface area (TPSA) is 80.1 Å². The molecule has 0 aliphatic rings. The fourth-order valence-corrected chi connectivity index (χ4v) is 29.2. The SMILES string of the molecule is c1ccc([Si](c2ccccc2)(c2ccccc2)c2ccc(-c3cc(-n4c5ccccc5c5ccccc54)nc(-n4c5ccccc5c5cc(-c6ccc7nc8n(-c9cc(-c%10ccc([Si](c%11ccccc%11)(c%11ccccc%11)c%11ccccc%11)cc%10)cc(-n%10c%11ccccc%11n%11c%12ccccc%12nc%10%11)n9)c9ccccc9n8c7c6)ccc54)c3)cc2)cc1. The lowest BCUT2D eigenvalue weighted by Gasteiger charge is -2.34. The Bertz CT molecular complexity index is 7890. The quantitative estimate of drug-likeness (QED) is 0.0757. The van der Waals surface area contributed by atoms with Gasteiger partial charge in [0.05, 0.1) is 66.2 Å². The predicted octanol–water partition coefficient (Wildman–Crippen LogP) is 19.9. The van der Waals surface area contributed by atoms with E-state index in [4.69, 9.17) is 19.9 Å². The van der Waals surface area contributed by atoms with Crippen LogP contribution in [0, 0.1) is 0 Å². The van der Waals surface area contributed by atoms with Crippen LogP contribution in [-0.4, -0.2) is 63.2 Å². The molecule has 0 unspecified atom stereocenters. The van der Waals surface area contributed by atoms with Crippen LogP contribution in [-0.2, 0) is 0 Å². The van der Waals surface area contributed by atoms with Gasteiger partial charge in [-0.25, -0.2) is 19.9 Å². The van der Waals surface area contributed by atoms with E-state index >= 15 is 0 Å². The lowest BCUT2D eigenvalue weighted by Crippen LogP contribution is -2.74. The van der Waals surface area contributed by atoms with Crippen molar-refractivity contribution < 1.29 is 0 Å². The van der Waals surface area contributed by atoms with Gasteiger partial charge < -0.3 is 0 Å². The van der Waals surface area contributed by atoms with E-state index < -0.39 is 16.1 Å². The maximum atomic E-state index is 5.83. The first kappa shape index (κ1) is 68.8. The fraction of sp³-hybridized carbons (Fsp3) is 0. The molecule has 0 aliphatic carbocycles. The Morgan fingerprint density at radius 1 is 0.158 bits per heavy atom. The molecule has 24 aromatic rings. The fourth-order valence-electron chi connectivity index (χ4n) is 19.7. The number of nitrogens with zero attached hydrogens (tertiary/aromatic N) is 10. The molecule has 562 valence electrons. The van der Waals surface area contributed by atoms with Crippen molar-refractivity contribution in [2.24, 2.45) is 0 Å². The van der Waals surface area contributed by atoms with Gasteiger partial charge in [-0.2, -0.15) is 0 Å². The van der Waals surface area contributed by atoms with E-state index in [0.29, 0.717) is 0 Å². The molecule has 12 heteroatoms. The summed E-state index contributed by atoms with van der Waals surface area (Å²) in [5, 5.41) is 15.2. The molecule has 10 nitrogen and oxygen atoms in total. The number of para-hydroxylation sites is 9. The first-order valence-corrected chi connectivity index (χ1v) is 44.9. The maximum absolute atomic E-state index is 5.83. The Labute approximate surface area is 692 Å². The van der Waals surface area contributed by atoms with Crippen molar-refractivity contribution in [2.45, 2.75) is 0 Å². The van der Waals surface area contributed by atoms with E-state index in [1.165, 1.54) is 52.3 Å². The molecule has 0 bridgehead atoms. The van der Waals surface area contributed by atoms with Crippen molar-refractivity contribution in [3.63, 3.8) is 0 Å². The van der Waals surface area contributed by atoms with Crippen LogP contribution in [0.15, 0.2) is 437 Å². The van der Waals surface area contributed by atoms with Crippen molar-refractivity contribution in [2.75, 3.05) is 0 Å². The third-order valence-corrected chi connectivity index (χ3v) is 34.5. The van der Waals surface area contributed by atoms with Gasteiger partial charge in [-0.05, 0) is 178 Å². The molecule has 16 aromatic carbocycles. The van der Waals surface area contributed by atoms with Crippen LogP contribution in [0.4, 0.5) is 0 Å². The molecule has 0 fully saturated rings. The molecule has 0 amide bonds. The van der Waals surface area contributed by atoms with Crippen LogP contribution in [0.1, 0.15) is 0 Å². The van der Waals surface area contributed by atoms with Gasteiger partial charge in [0.1, 0.15) is 23.3 Å². The minimum atomic E-state index is -2.86. The lowest BCUT2D eigenvalue weighted by atomic mass is 10.0. The highest BCUT2D eigenvalue weighted by Gasteiger charge is 2.43. The maximum Gasteiger partial charge on any atom is 0.221 e. The molecule has 8 heterocycles. The van der Waals surface area contributed by atoms with E-state index in [0.717, 1.165) is 145 Å². The zero-order chi connectivity index (χ0) is 79.0. The average Bonchev–Trinajstić information content (AvgIpc) is 1.50. The van der Waals surface area contributed by atoms with Gasteiger partial charge in [-0.1, -0.05) is 334 Å². The summed E-state index contributed by atoms with van der Waals surface area (Å²) in [7, 11) is -5.68. The van der Waals surface area contributed by atoms with Crippen LogP contribution >= 0.6 is 0 Å². The molecule has 0 N–H and O–H groups in total. The van der Waals surface area contributed by atoms with Gasteiger partial charge in [0.15, 0.2) is 16.1 Å². The van der Waals surface area contributed by atoms with Gasteiger partial charge in [-0.15, -0.1) is 0 Å². The predicted molar refractivity (Wildman–Crippen MR) is 500 cm³/mol.